The number of amides is 1. The molecule has 2 aromatic rings. The molecule has 0 aromatic carbocycles. The predicted octanol–water partition coefficient (Wildman–Crippen LogP) is 3.05. The van der Waals surface area contributed by atoms with Crippen molar-refractivity contribution < 1.29 is 14.0 Å². The first kappa shape index (κ1) is 21.9. The van der Waals surface area contributed by atoms with Crippen LogP contribution in [0.4, 0.5) is 5.82 Å². The Balaban J connectivity index is 1.46. The van der Waals surface area contributed by atoms with E-state index in [0.717, 1.165) is 50.0 Å². The summed E-state index contributed by atoms with van der Waals surface area (Å²) in [6, 6.07) is 0. The second-order valence-corrected chi connectivity index (χ2v) is 8.31. The molecule has 8 heteroatoms. The smallest absolute Gasteiger partial charge is 0.225 e. The Morgan fingerprint density at radius 1 is 1.20 bits per heavy atom. The summed E-state index contributed by atoms with van der Waals surface area (Å²) >= 11 is 0. The van der Waals surface area contributed by atoms with Crippen LogP contribution in [0.5, 0.6) is 0 Å². The van der Waals surface area contributed by atoms with Gasteiger partial charge in [-0.1, -0.05) is 6.92 Å². The van der Waals surface area contributed by atoms with Crippen LogP contribution in [0.25, 0.3) is 0 Å². The van der Waals surface area contributed by atoms with E-state index in [1.54, 1.807) is 6.92 Å². The van der Waals surface area contributed by atoms with Crippen LogP contribution in [-0.4, -0.2) is 44.6 Å². The van der Waals surface area contributed by atoms with E-state index in [9.17, 15) is 9.59 Å². The van der Waals surface area contributed by atoms with Crippen LogP contribution in [0.1, 0.15) is 66.1 Å². The van der Waals surface area contributed by atoms with Gasteiger partial charge in [0, 0.05) is 43.6 Å². The number of nitrogens with two attached hydrogens (primary N) is 1. The van der Waals surface area contributed by atoms with Crippen LogP contribution in [0, 0.1) is 32.6 Å². The number of carbonyl (C=O) groups is 2. The fraction of sp³-hybridized carbons (Fsp3) is 0.591. The molecule has 0 bridgehead atoms. The van der Waals surface area contributed by atoms with Crippen LogP contribution in [0.2, 0.25) is 0 Å². The number of piperidine rings is 1. The van der Waals surface area contributed by atoms with Gasteiger partial charge in [0.05, 0.1) is 0 Å². The number of likely N-dealkylation sites (tertiary alicyclic amines) is 1. The number of aromatic nitrogens is 3. The molecule has 1 fully saturated rings. The van der Waals surface area contributed by atoms with Crippen molar-refractivity contribution in [1.82, 2.24) is 19.9 Å². The maximum absolute atomic E-state index is 12.8. The number of ketones is 1. The summed E-state index contributed by atoms with van der Waals surface area (Å²) in [6.07, 6.45) is 5.30. The van der Waals surface area contributed by atoms with Crippen LogP contribution in [-0.2, 0) is 11.2 Å². The molecule has 2 aromatic heterocycles. The van der Waals surface area contributed by atoms with E-state index in [-0.39, 0.29) is 24.0 Å². The minimum Gasteiger partial charge on any atom is -0.449 e. The molecule has 3 rings (SSSR count). The standard InChI is InChI=1S/C22H31N5O3/c1-13(11-20(28)19-12-30-16(4)26-19)22(29)27-9-7-17(8-10-27)5-6-18-14(2)24-15(3)25-21(18)23/h12-13,17H,5-11H2,1-4H3,(H2,23,24,25)/t13-/m1/s1. The van der Waals surface area contributed by atoms with Crippen molar-refractivity contribution in [2.24, 2.45) is 11.8 Å². The first-order valence-corrected chi connectivity index (χ1v) is 10.6. The third kappa shape index (κ3) is 5.23. The van der Waals surface area contributed by atoms with Crippen molar-refractivity contribution in [3.63, 3.8) is 0 Å². The van der Waals surface area contributed by atoms with Crippen molar-refractivity contribution in [1.29, 1.82) is 0 Å². The Hall–Kier alpha value is -2.77. The van der Waals surface area contributed by atoms with Gasteiger partial charge in [0.25, 0.3) is 0 Å². The number of rotatable bonds is 7. The van der Waals surface area contributed by atoms with E-state index in [1.165, 1.54) is 6.26 Å². The highest BCUT2D eigenvalue weighted by atomic mass is 16.3. The average molecular weight is 414 g/mol. The highest BCUT2D eigenvalue weighted by Crippen LogP contribution is 2.26. The molecular weight excluding hydrogens is 382 g/mol. The molecule has 8 nitrogen and oxygen atoms in total. The number of nitrogen functional groups attached to an aromatic ring is 1. The Bertz CT molecular complexity index is 892. The van der Waals surface area contributed by atoms with Gasteiger partial charge in [0.2, 0.25) is 5.91 Å². The van der Waals surface area contributed by atoms with E-state index >= 15 is 0 Å². The Morgan fingerprint density at radius 3 is 2.50 bits per heavy atom. The van der Waals surface area contributed by atoms with Crippen LogP contribution in [0.15, 0.2) is 10.7 Å². The summed E-state index contributed by atoms with van der Waals surface area (Å²) in [5, 5.41) is 0. The number of carbonyl (C=O) groups excluding carboxylic acids is 2. The number of hydrogen-bond acceptors (Lipinski definition) is 7. The molecule has 0 aliphatic carbocycles. The molecule has 0 unspecified atom stereocenters. The zero-order valence-corrected chi connectivity index (χ0v) is 18.3. The second kappa shape index (κ2) is 9.36. The van der Waals surface area contributed by atoms with Crippen LogP contribution >= 0.6 is 0 Å². The van der Waals surface area contributed by atoms with Gasteiger partial charge in [-0.15, -0.1) is 0 Å². The van der Waals surface area contributed by atoms with Gasteiger partial charge in [-0.25, -0.2) is 15.0 Å². The van der Waals surface area contributed by atoms with Gasteiger partial charge in [-0.2, -0.15) is 0 Å². The molecule has 2 N–H and O–H groups in total. The molecule has 0 saturated carbocycles. The number of hydrogen-bond donors (Lipinski definition) is 1. The van der Waals surface area contributed by atoms with Crippen molar-refractivity contribution in [3.8, 4) is 0 Å². The first-order chi connectivity index (χ1) is 14.2. The Labute approximate surface area is 177 Å². The summed E-state index contributed by atoms with van der Waals surface area (Å²) in [5.74, 6) is 1.79. The number of aryl methyl sites for hydroxylation is 3. The molecule has 1 atom stereocenters. The van der Waals surface area contributed by atoms with E-state index < -0.39 is 0 Å². The third-order valence-electron chi connectivity index (χ3n) is 5.90. The van der Waals surface area contributed by atoms with E-state index in [1.807, 2.05) is 25.7 Å². The summed E-state index contributed by atoms with van der Waals surface area (Å²) in [5.41, 5.74) is 8.35. The van der Waals surface area contributed by atoms with Crippen molar-refractivity contribution in [2.45, 2.75) is 59.8 Å². The number of nitrogens with zero attached hydrogens (tertiary/aromatic N) is 4. The second-order valence-electron chi connectivity index (χ2n) is 8.31. The molecule has 1 saturated heterocycles. The molecule has 30 heavy (non-hydrogen) atoms. The lowest BCUT2D eigenvalue weighted by Gasteiger charge is -2.33. The zero-order chi connectivity index (χ0) is 21.8. The summed E-state index contributed by atoms with van der Waals surface area (Å²) < 4.78 is 5.09. The number of Topliss-reactive ketones (excluding diaryl/α,β-unsaturated/α-hetero) is 1. The lowest BCUT2D eigenvalue weighted by atomic mass is 9.89. The van der Waals surface area contributed by atoms with Crippen molar-refractivity contribution >= 4 is 17.5 Å². The molecule has 1 aliphatic heterocycles. The minimum absolute atomic E-state index is 0.0361. The SMILES string of the molecule is Cc1nc(C)c(CCC2CCN(C(=O)[C@H](C)CC(=O)c3coc(C)n3)CC2)c(N)n1. The summed E-state index contributed by atoms with van der Waals surface area (Å²) in [7, 11) is 0. The molecule has 0 spiro atoms. The van der Waals surface area contributed by atoms with Crippen molar-refractivity contribution in [2.75, 3.05) is 18.8 Å². The minimum atomic E-state index is -0.363. The van der Waals surface area contributed by atoms with Gasteiger partial charge in [0.15, 0.2) is 11.7 Å². The van der Waals surface area contributed by atoms with Gasteiger partial charge in [0.1, 0.15) is 23.6 Å². The predicted molar refractivity (Wildman–Crippen MR) is 113 cm³/mol. The van der Waals surface area contributed by atoms with Gasteiger partial charge < -0.3 is 15.1 Å². The van der Waals surface area contributed by atoms with E-state index in [0.29, 0.717) is 29.1 Å². The number of oxazole rings is 1. The lowest BCUT2D eigenvalue weighted by Crippen LogP contribution is -2.41. The Kier molecular flexibility index (Phi) is 6.84. The quantitative estimate of drug-likeness (QED) is 0.694. The maximum atomic E-state index is 12.8. The van der Waals surface area contributed by atoms with Gasteiger partial charge in [-0.05, 0) is 45.4 Å². The molecule has 1 amide bonds. The van der Waals surface area contributed by atoms with Crippen LogP contribution in [0.3, 0.4) is 0 Å². The molecular formula is C22H31N5O3. The van der Waals surface area contributed by atoms with Gasteiger partial charge >= 0.3 is 0 Å². The lowest BCUT2D eigenvalue weighted by molar-refractivity contribution is -0.136. The molecule has 0 radical (unpaired) electrons. The highest BCUT2D eigenvalue weighted by molar-refractivity contribution is 5.96. The number of anilines is 1. The first-order valence-electron chi connectivity index (χ1n) is 10.6. The van der Waals surface area contributed by atoms with Crippen LogP contribution < -0.4 is 5.73 Å². The maximum Gasteiger partial charge on any atom is 0.225 e. The molecule has 1 aliphatic rings. The largest absolute Gasteiger partial charge is 0.449 e. The topological polar surface area (TPSA) is 115 Å². The molecule has 3 heterocycles. The highest BCUT2D eigenvalue weighted by Gasteiger charge is 2.28. The monoisotopic (exact) mass is 413 g/mol. The van der Waals surface area contributed by atoms with E-state index in [4.69, 9.17) is 10.2 Å². The van der Waals surface area contributed by atoms with E-state index in [2.05, 4.69) is 15.0 Å². The normalized spacial score (nSPS) is 15.9. The Morgan fingerprint density at radius 2 is 1.90 bits per heavy atom. The fourth-order valence-corrected chi connectivity index (χ4v) is 4.13. The zero-order valence-electron chi connectivity index (χ0n) is 18.3. The average Bonchev–Trinajstić information content (AvgIpc) is 3.13. The summed E-state index contributed by atoms with van der Waals surface area (Å²) in [6.45, 7) is 8.78. The van der Waals surface area contributed by atoms with Gasteiger partial charge in [-0.3, -0.25) is 9.59 Å². The summed E-state index contributed by atoms with van der Waals surface area (Å²) in [4.78, 5) is 39.7. The van der Waals surface area contributed by atoms with Crippen molar-refractivity contribution in [3.05, 3.63) is 34.9 Å². The third-order valence-corrected chi connectivity index (χ3v) is 5.90. The fourth-order valence-electron chi connectivity index (χ4n) is 4.13. The molecule has 162 valence electrons.